The van der Waals surface area contributed by atoms with Gasteiger partial charge < -0.3 is 0 Å². The minimum Gasteiger partial charge on any atom is -0.233 e. The van der Waals surface area contributed by atoms with Crippen LogP contribution in [0.2, 0.25) is 0 Å². The molecule has 0 aromatic carbocycles. The van der Waals surface area contributed by atoms with Crippen molar-refractivity contribution in [1.29, 1.82) is 0 Å². The molecular formula is H5AlBPZr. The third-order valence-corrected chi connectivity index (χ3v) is 0. The Bertz CT molecular complexity index is 8.00. The van der Waals surface area contributed by atoms with Gasteiger partial charge in [-0.05, 0) is 0 Å². The number of hydrogen-bond donors (Lipinski definition) is 0. The molecule has 0 saturated heterocycles. The minimum atomic E-state index is 0. The SMILES string of the molecule is B[PH][AlH2].[Zr]. The molecule has 0 bridgehead atoms. The normalized spacial score (nSPS) is 7.00. The van der Waals surface area contributed by atoms with Crippen LogP contribution < -0.4 is 0 Å². The predicted molar refractivity (Wildman–Crippen MR) is 25.4 cm³/mol. The summed E-state index contributed by atoms with van der Waals surface area (Å²) < 4.78 is 0. The van der Waals surface area contributed by atoms with Gasteiger partial charge in [0, 0.05) is 26.2 Å². The molecule has 0 aliphatic carbocycles. The molecule has 20 valence electrons. The zero-order valence-electron chi connectivity index (χ0n) is 3.00. The first kappa shape index (κ1) is 9.32. The molecule has 0 N–H and O–H groups in total. The maximum Gasteiger partial charge on any atom is 0.236 e. The molecule has 0 rings (SSSR count). The summed E-state index contributed by atoms with van der Waals surface area (Å²) >= 11 is 1.40. The zero-order valence-corrected chi connectivity index (χ0v) is 8.46. The van der Waals surface area contributed by atoms with Crippen LogP contribution >= 0.6 is 7.11 Å². The van der Waals surface area contributed by atoms with E-state index in [2.05, 4.69) is 7.57 Å². The van der Waals surface area contributed by atoms with Crippen LogP contribution in [0, 0.1) is 0 Å². The molecule has 0 aliphatic heterocycles. The fourth-order valence-electron chi connectivity index (χ4n) is 0. The Labute approximate surface area is 56.4 Å². The Morgan fingerprint density at radius 3 is 1.75 bits per heavy atom. The molecule has 4 heteroatoms. The number of hydrogen-bond acceptors (Lipinski definition) is 0. The van der Waals surface area contributed by atoms with Crippen LogP contribution in [0.15, 0.2) is 0 Å². The molecule has 0 nitrogen and oxygen atoms in total. The summed E-state index contributed by atoms with van der Waals surface area (Å²) in [6.07, 6.45) is 0. The summed E-state index contributed by atoms with van der Waals surface area (Å²) in [4.78, 5) is 0. The minimum absolute atomic E-state index is 0. The summed E-state index contributed by atoms with van der Waals surface area (Å²) in [6.45, 7) is 0. The molecule has 0 amide bonds. The molecule has 0 saturated carbocycles. The molecule has 1 atom stereocenters. The van der Waals surface area contributed by atoms with Crippen molar-refractivity contribution in [1.82, 2.24) is 0 Å². The van der Waals surface area contributed by atoms with Gasteiger partial charge in [0.2, 0.25) is 15.8 Å². The standard InChI is InChI=1S/Al.BH3P.Zr.2H/c;1-2;;;/h;2H,1H2;;;/q+1;-1;;;. The molecule has 1 unspecified atom stereocenters. The van der Waals surface area contributed by atoms with Crippen LogP contribution in [0.1, 0.15) is 0 Å². The van der Waals surface area contributed by atoms with Crippen LogP contribution in [-0.2, 0) is 26.2 Å². The summed E-state index contributed by atoms with van der Waals surface area (Å²) in [6, 6.07) is 0. The van der Waals surface area contributed by atoms with E-state index in [1.165, 1.54) is 22.9 Å². The van der Waals surface area contributed by atoms with E-state index >= 15 is 0 Å². The zero-order chi connectivity index (χ0) is 2.71. The quantitative estimate of drug-likeness (QED) is 0.311. The van der Waals surface area contributed by atoms with Gasteiger partial charge in [0.25, 0.3) is 0 Å². The maximum atomic E-state index is 2.21. The Kier molecular flexibility index (Phi) is 20.7. The molecule has 0 aromatic rings. The second-order valence-corrected chi connectivity index (χ2v) is 4.50. The van der Waals surface area contributed by atoms with Gasteiger partial charge in [-0.15, -0.1) is 0 Å². The van der Waals surface area contributed by atoms with Crippen LogP contribution in [0.4, 0.5) is 0 Å². The Morgan fingerprint density at radius 2 is 1.75 bits per heavy atom. The van der Waals surface area contributed by atoms with Crippen molar-refractivity contribution in [3.05, 3.63) is 0 Å². The van der Waals surface area contributed by atoms with E-state index in [0.717, 1.165) is 0 Å². The molecule has 0 fully saturated rings. The van der Waals surface area contributed by atoms with Crippen LogP contribution in [0.5, 0.6) is 0 Å². The van der Waals surface area contributed by atoms with Gasteiger partial charge in [0.1, 0.15) is 7.57 Å². The molecule has 0 heterocycles. The monoisotopic (exact) mass is 164 g/mol. The van der Waals surface area contributed by atoms with E-state index in [1.807, 2.05) is 0 Å². The summed E-state index contributed by atoms with van der Waals surface area (Å²) in [7, 11) is 3.44. The van der Waals surface area contributed by atoms with Gasteiger partial charge in [-0.1, -0.05) is 0 Å². The van der Waals surface area contributed by atoms with Crippen molar-refractivity contribution in [2.75, 3.05) is 0 Å². The van der Waals surface area contributed by atoms with Crippen molar-refractivity contribution in [2.45, 2.75) is 0 Å². The summed E-state index contributed by atoms with van der Waals surface area (Å²) in [5, 5.41) is 0. The summed E-state index contributed by atoms with van der Waals surface area (Å²) in [5.74, 6) is 0. The van der Waals surface area contributed by atoms with E-state index < -0.39 is 0 Å². The fourth-order valence-corrected chi connectivity index (χ4v) is 0. The topological polar surface area (TPSA) is 0 Å². The van der Waals surface area contributed by atoms with Crippen molar-refractivity contribution in [2.24, 2.45) is 0 Å². The van der Waals surface area contributed by atoms with E-state index in [4.69, 9.17) is 0 Å². The Balaban J connectivity index is 0. The fraction of sp³-hybridized carbons (Fsp3) is 0. The van der Waals surface area contributed by atoms with Crippen LogP contribution in [0.25, 0.3) is 0 Å². The second kappa shape index (κ2) is 8.86. The van der Waals surface area contributed by atoms with Gasteiger partial charge in [0.15, 0.2) is 0 Å². The van der Waals surface area contributed by atoms with E-state index in [-0.39, 0.29) is 26.2 Å². The molecule has 0 spiro atoms. The molecule has 0 aromatic heterocycles. The predicted octanol–water partition coefficient (Wildman–Crippen LogP) is -1.24. The first-order valence-electron chi connectivity index (χ1n) is 1.00. The molecular weight excluding hydrogens is 160 g/mol. The van der Waals surface area contributed by atoms with Crippen molar-refractivity contribution in [3.8, 4) is 0 Å². The number of rotatable bonds is 0. The smallest absolute Gasteiger partial charge is 0.233 e. The maximum absolute atomic E-state index is 2.21. The molecule has 4 heavy (non-hydrogen) atoms. The Morgan fingerprint density at radius 1 is 1.75 bits per heavy atom. The third kappa shape index (κ3) is 9.08. The van der Waals surface area contributed by atoms with Crippen molar-refractivity contribution in [3.63, 3.8) is 0 Å². The van der Waals surface area contributed by atoms with Gasteiger partial charge >= 0.3 is 0 Å². The van der Waals surface area contributed by atoms with Crippen LogP contribution in [-0.4, -0.2) is 23.4 Å². The van der Waals surface area contributed by atoms with Crippen molar-refractivity contribution < 1.29 is 26.2 Å². The van der Waals surface area contributed by atoms with Crippen LogP contribution in [0.3, 0.4) is 0 Å². The van der Waals surface area contributed by atoms with Gasteiger partial charge in [-0.2, -0.15) is 0 Å². The molecule has 0 radical (unpaired) electrons. The van der Waals surface area contributed by atoms with Crippen molar-refractivity contribution >= 4 is 30.5 Å². The van der Waals surface area contributed by atoms with E-state index in [0.29, 0.717) is 0 Å². The largest absolute Gasteiger partial charge is 0.236 e. The average molecular weight is 165 g/mol. The van der Waals surface area contributed by atoms with Gasteiger partial charge in [0.05, 0.1) is 0 Å². The first-order valence-corrected chi connectivity index (χ1v) is 6.00. The summed E-state index contributed by atoms with van der Waals surface area (Å²) in [5.41, 5.74) is 0. The van der Waals surface area contributed by atoms with Gasteiger partial charge in [-0.25, -0.2) is 7.11 Å². The third-order valence-electron chi connectivity index (χ3n) is 0. The van der Waals surface area contributed by atoms with E-state index in [1.54, 1.807) is 0 Å². The Hall–Kier alpha value is 1.91. The first-order chi connectivity index (χ1) is 1.41. The molecule has 0 aliphatic rings. The second-order valence-electron chi connectivity index (χ2n) is 0.500. The average Bonchev–Trinajstić information content (AvgIpc) is 0.918. The van der Waals surface area contributed by atoms with E-state index in [9.17, 15) is 0 Å². The van der Waals surface area contributed by atoms with Gasteiger partial charge in [-0.3, -0.25) is 0 Å².